The van der Waals surface area contributed by atoms with Gasteiger partial charge in [0.1, 0.15) is 11.6 Å². The number of carbonyl (C=O) groups is 1. The molecule has 0 saturated heterocycles. The van der Waals surface area contributed by atoms with Gasteiger partial charge in [-0.1, -0.05) is 36.4 Å². The van der Waals surface area contributed by atoms with E-state index in [0.29, 0.717) is 23.7 Å². The van der Waals surface area contributed by atoms with Crippen LogP contribution in [0.25, 0.3) is 0 Å². The lowest BCUT2D eigenvalue weighted by Gasteiger charge is -2.21. The molecule has 1 amide bonds. The van der Waals surface area contributed by atoms with Crippen LogP contribution in [0.1, 0.15) is 24.0 Å². The second kappa shape index (κ2) is 7.53. The van der Waals surface area contributed by atoms with Crippen LogP contribution in [0.15, 0.2) is 48.5 Å². The number of amides is 1. The fraction of sp³-hybridized carbons (Fsp3) is 0.316. The van der Waals surface area contributed by atoms with Gasteiger partial charge in [0.15, 0.2) is 0 Å². The smallest absolute Gasteiger partial charge is 0.234 e. The minimum Gasteiger partial charge on any atom is -0.351 e. The Bertz CT molecular complexity index is 716. The molecule has 0 aliphatic heterocycles. The minimum atomic E-state index is -0.330. The molecule has 1 fully saturated rings. The van der Waals surface area contributed by atoms with Crippen molar-refractivity contribution in [2.45, 2.75) is 32.0 Å². The minimum absolute atomic E-state index is 0.156. The molecule has 0 heterocycles. The van der Waals surface area contributed by atoms with Crippen molar-refractivity contribution in [1.82, 2.24) is 10.2 Å². The molecule has 2 aromatic carbocycles. The van der Waals surface area contributed by atoms with Gasteiger partial charge < -0.3 is 5.32 Å². The second-order valence-electron chi connectivity index (χ2n) is 6.10. The maximum atomic E-state index is 13.8. The van der Waals surface area contributed by atoms with Gasteiger partial charge in [-0.05, 0) is 25.0 Å². The first kappa shape index (κ1) is 16.6. The number of carbonyl (C=O) groups excluding carboxylic acids is 1. The fourth-order valence-electron chi connectivity index (χ4n) is 2.68. The Hall–Kier alpha value is -2.27. The number of nitrogens with one attached hydrogen (secondary N) is 1. The first-order valence-electron chi connectivity index (χ1n) is 8.11. The van der Waals surface area contributed by atoms with Crippen molar-refractivity contribution in [2.24, 2.45) is 0 Å². The molecule has 0 bridgehead atoms. The Morgan fingerprint density at radius 3 is 2.17 bits per heavy atom. The summed E-state index contributed by atoms with van der Waals surface area (Å²) < 4.78 is 27.4. The monoisotopic (exact) mass is 330 g/mol. The number of halogens is 2. The van der Waals surface area contributed by atoms with Gasteiger partial charge in [-0.25, -0.2) is 8.78 Å². The van der Waals surface area contributed by atoms with Crippen molar-refractivity contribution < 1.29 is 13.6 Å². The molecule has 126 valence electrons. The first-order valence-corrected chi connectivity index (χ1v) is 8.11. The van der Waals surface area contributed by atoms with E-state index < -0.39 is 0 Å². The summed E-state index contributed by atoms with van der Waals surface area (Å²) in [6.07, 6.45) is 2.05. The number of benzene rings is 2. The Kier molecular flexibility index (Phi) is 5.20. The SMILES string of the molecule is O=C(CN(Cc1ccccc1F)C1CC1)NCc1ccccc1F. The van der Waals surface area contributed by atoms with Gasteiger partial charge in [0.2, 0.25) is 5.91 Å². The number of hydrogen-bond donors (Lipinski definition) is 1. The van der Waals surface area contributed by atoms with Crippen LogP contribution in [0, 0.1) is 11.6 Å². The lowest BCUT2D eigenvalue weighted by atomic mass is 10.2. The Morgan fingerprint density at radius 2 is 1.58 bits per heavy atom. The highest BCUT2D eigenvalue weighted by Gasteiger charge is 2.30. The van der Waals surface area contributed by atoms with E-state index in [1.165, 1.54) is 12.1 Å². The van der Waals surface area contributed by atoms with Gasteiger partial charge in [-0.2, -0.15) is 0 Å². The summed E-state index contributed by atoms with van der Waals surface area (Å²) in [6.45, 7) is 0.752. The predicted molar refractivity (Wildman–Crippen MR) is 88.1 cm³/mol. The van der Waals surface area contributed by atoms with Crippen molar-refractivity contribution in [3.8, 4) is 0 Å². The molecular formula is C19H20F2N2O. The van der Waals surface area contributed by atoms with Crippen LogP contribution < -0.4 is 5.32 Å². The van der Waals surface area contributed by atoms with Crippen LogP contribution in [0.5, 0.6) is 0 Å². The Balaban J connectivity index is 1.57. The first-order chi connectivity index (χ1) is 11.6. The molecule has 5 heteroatoms. The van der Waals surface area contributed by atoms with Crippen molar-refractivity contribution in [2.75, 3.05) is 6.54 Å². The number of rotatable bonds is 7. The van der Waals surface area contributed by atoms with Crippen molar-refractivity contribution >= 4 is 5.91 Å². The van der Waals surface area contributed by atoms with E-state index in [-0.39, 0.29) is 30.6 Å². The normalized spacial score (nSPS) is 14.0. The quantitative estimate of drug-likeness (QED) is 0.845. The van der Waals surface area contributed by atoms with Crippen molar-refractivity contribution in [3.05, 3.63) is 71.3 Å². The number of hydrogen-bond acceptors (Lipinski definition) is 2. The van der Waals surface area contributed by atoms with E-state index in [4.69, 9.17) is 0 Å². The molecule has 1 aliphatic rings. The molecule has 0 atom stereocenters. The molecular weight excluding hydrogens is 310 g/mol. The summed E-state index contributed by atoms with van der Waals surface area (Å²) in [5.41, 5.74) is 1.05. The van der Waals surface area contributed by atoms with Crippen molar-refractivity contribution in [3.63, 3.8) is 0 Å². The van der Waals surface area contributed by atoms with Crippen LogP contribution in [-0.2, 0) is 17.9 Å². The molecule has 0 spiro atoms. The third kappa shape index (κ3) is 4.38. The van der Waals surface area contributed by atoms with Gasteiger partial charge in [0.05, 0.1) is 6.54 Å². The third-order valence-corrected chi connectivity index (χ3v) is 4.18. The van der Waals surface area contributed by atoms with Crippen LogP contribution in [0.3, 0.4) is 0 Å². The third-order valence-electron chi connectivity index (χ3n) is 4.18. The zero-order valence-electron chi connectivity index (χ0n) is 13.3. The highest BCUT2D eigenvalue weighted by atomic mass is 19.1. The average Bonchev–Trinajstić information content (AvgIpc) is 3.40. The topological polar surface area (TPSA) is 32.3 Å². The molecule has 0 aromatic heterocycles. The van der Waals surface area contributed by atoms with Crippen LogP contribution >= 0.6 is 0 Å². The average molecular weight is 330 g/mol. The molecule has 1 N–H and O–H groups in total. The molecule has 1 aliphatic carbocycles. The molecule has 3 nitrogen and oxygen atoms in total. The van der Waals surface area contributed by atoms with E-state index >= 15 is 0 Å². The van der Waals surface area contributed by atoms with Gasteiger partial charge in [-0.15, -0.1) is 0 Å². The van der Waals surface area contributed by atoms with E-state index in [2.05, 4.69) is 5.32 Å². The van der Waals surface area contributed by atoms with Crippen LogP contribution in [0.4, 0.5) is 8.78 Å². The van der Waals surface area contributed by atoms with E-state index in [1.807, 2.05) is 4.90 Å². The van der Waals surface area contributed by atoms with E-state index in [1.54, 1.807) is 36.4 Å². The molecule has 0 unspecified atom stereocenters. The number of nitrogens with zero attached hydrogens (tertiary/aromatic N) is 1. The summed E-state index contributed by atoms with van der Waals surface area (Å²) in [5, 5.41) is 2.74. The lowest BCUT2D eigenvalue weighted by molar-refractivity contribution is -0.122. The summed E-state index contributed by atoms with van der Waals surface area (Å²) in [6, 6.07) is 13.3. The largest absolute Gasteiger partial charge is 0.351 e. The van der Waals surface area contributed by atoms with Crippen molar-refractivity contribution in [1.29, 1.82) is 0 Å². The summed E-state index contributed by atoms with van der Waals surface area (Å²) in [7, 11) is 0. The van der Waals surface area contributed by atoms with Crippen LogP contribution in [0.2, 0.25) is 0 Å². The molecule has 3 rings (SSSR count). The van der Waals surface area contributed by atoms with E-state index in [0.717, 1.165) is 12.8 Å². The maximum Gasteiger partial charge on any atom is 0.234 e. The summed E-state index contributed by atoms with van der Waals surface area (Å²) in [4.78, 5) is 14.2. The predicted octanol–water partition coefficient (Wildman–Crippen LogP) is 3.25. The Morgan fingerprint density at radius 1 is 1.00 bits per heavy atom. The summed E-state index contributed by atoms with van der Waals surface area (Å²) >= 11 is 0. The van der Waals surface area contributed by atoms with Gasteiger partial charge in [0.25, 0.3) is 0 Å². The molecule has 0 radical (unpaired) electrons. The zero-order valence-corrected chi connectivity index (χ0v) is 13.3. The van der Waals surface area contributed by atoms with Gasteiger partial charge in [-0.3, -0.25) is 9.69 Å². The maximum absolute atomic E-state index is 13.8. The second-order valence-corrected chi connectivity index (χ2v) is 6.10. The summed E-state index contributed by atoms with van der Waals surface area (Å²) in [5.74, 6) is -0.764. The Labute approximate surface area is 140 Å². The van der Waals surface area contributed by atoms with Gasteiger partial charge >= 0.3 is 0 Å². The fourth-order valence-corrected chi connectivity index (χ4v) is 2.68. The highest BCUT2D eigenvalue weighted by Crippen LogP contribution is 2.28. The van der Waals surface area contributed by atoms with Crippen LogP contribution in [-0.4, -0.2) is 23.4 Å². The zero-order chi connectivity index (χ0) is 16.9. The van der Waals surface area contributed by atoms with Gasteiger partial charge in [0, 0.05) is 30.3 Å². The highest BCUT2D eigenvalue weighted by molar-refractivity contribution is 5.78. The molecule has 1 saturated carbocycles. The standard InChI is InChI=1S/C19H20F2N2O/c20-17-7-3-1-5-14(17)11-22-19(24)13-23(16-9-10-16)12-15-6-2-4-8-18(15)21/h1-8,16H,9-13H2,(H,22,24). The molecule has 24 heavy (non-hydrogen) atoms. The molecule has 2 aromatic rings. The lowest BCUT2D eigenvalue weighted by Crippen LogP contribution is -2.38. The van der Waals surface area contributed by atoms with E-state index in [9.17, 15) is 13.6 Å².